The first-order valence-corrected chi connectivity index (χ1v) is 7.65. The van der Waals surface area contributed by atoms with E-state index in [1.54, 1.807) is 6.92 Å². The smallest absolute Gasteiger partial charge is 0.266 e. The van der Waals surface area contributed by atoms with Gasteiger partial charge in [0.2, 0.25) is 5.82 Å². The van der Waals surface area contributed by atoms with E-state index < -0.39 is 12.0 Å². The number of aryl methyl sites for hydroxylation is 1. The molecule has 128 valence electrons. The van der Waals surface area contributed by atoms with Crippen molar-refractivity contribution in [3.05, 3.63) is 59.9 Å². The molecule has 1 atom stereocenters. The fourth-order valence-corrected chi connectivity index (χ4v) is 2.16. The molecule has 1 heterocycles. The van der Waals surface area contributed by atoms with Crippen molar-refractivity contribution in [3.8, 4) is 17.0 Å². The molecule has 0 saturated carbocycles. The lowest BCUT2D eigenvalue weighted by molar-refractivity contribution is -0.122. The standard InChI is InChI=1S/C18H16FN3O3/c1-11-3-5-13(6-4-11)16-17(22-25-21-16)20-18(23)12(2)24-15-9-7-14(19)8-10-15/h3-10,12H,1-2H3,(H,20,22,23). The molecule has 0 bridgehead atoms. The van der Waals surface area contributed by atoms with Crippen LogP contribution in [-0.2, 0) is 4.79 Å². The molecular weight excluding hydrogens is 325 g/mol. The molecule has 1 aromatic heterocycles. The molecule has 0 fully saturated rings. The molecule has 0 aliphatic heterocycles. The highest BCUT2D eigenvalue weighted by molar-refractivity contribution is 5.95. The minimum atomic E-state index is -0.812. The lowest BCUT2D eigenvalue weighted by Crippen LogP contribution is -2.30. The maximum absolute atomic E-state index is 12.9. The molecule has 3 rings (SSSR count). The zero-order valence-corrected chi connectivity index (χ0v) is 13.7. The van der Waals surface area contributed by atoms with Crippen LogP contribution in [0.3, 0.4) is 0 Å². The highest BCUT2D eigenvalue weighted by atomic mass is 19.1. The van der Waals surface area contributed by atoms with E-state index in [4.69, 9.17) is 9.37 Å². The minimum Gasteiger partial charge on any atom is -0.481 e. The summed E-state index contributed by atoms with van der Waals surface area (Å²) in [5, 5.41) is 10.2. The predicted molar refractivity (Wildman–Crippen MR) is 89.6 cm³/mol. The van der Waals surface area contributed by atoms with Crippen molar-refractivity contribution in [2.45, 2.75) is 20.0 Å². The Morgan fingerprint density at radius 3 is 2.48 bits per heavy atom. The molecule has 7 heteroatoms. The summed E-state index contributed by atoms with van der Waals surface area (Å²) in [6, 6.07) is 13.0. The molecule has 0 aliphatic carbocycles. The van der Waals surface area contributed by atoms with Crippen molar-refractivity contribution in [3.63, 3.8) is 0 Å². The van der Waals surface area contributed by atoms with Crippen molar-refractivity contribution in [2.75, 3.05) is 5.32 Å². The molecule has 1 N–H and O–H groups in total. The molecule has 0 radical (unpaired) electrons. The van der Waals surface area contributed by atoms with Crippen molar-refractivity contribution in [1.29, 1.82) is 0 Å². The molecule has 0 spiro atoms. The van der Waals surface area contributed by atoms with Gasteiger partial charge in [0.15, 0.2) is 11.8 Å². The van der Waals surface area contributed by atoms with E-state index in [1.807, 2.05) is 31.2 Å². The first-order chi connectivity index (χ1) is 12.0. The number of hydrogen-bond acceptors (Lipinski definition) is 5. The number of carbonyl (C=O) groups excluding carboxylic acids is 1. The lowest BCUT2D eigenvalue weighted by atomic mass is 10.1. The average molecular weight is 341 g/mol. The number of benzene rings is 2. The fraction of sp³-hybridized carbons (Fsp3) is 0.167. The van der Waals surface area contributed by atoms with Crippen LogP contribution in [0.15, 0.2) is 53.2 Å². The Hall–Kier alpha value is -3.22. The molecule has 1 amide bonds. The monoisotopic (exact) mass is 341 g/mol. The first kappa shape index (κ1) is 16.6. The number of halogens is 1. The minimum absolute atomic E-state index is 0.211. The van der Waals surface area contributed by atoms with Crippen molar-refractivity contribution < 1.29 is 18.6 Å². The highest BCUT2D eigenvalue weighted by Crippen LogP contribution is 2.25. The van der Waals surface area contributed by atoms with Gasteiger partial charge in [-0.1, -0.05) is 29.8 Å². The van der Waals surface area contributed by atoms with Crippen molar-refractivity contribution in [1.82, 2.24) is 10.3 Å². The van der Waals surface area contributed by atoms with E-state index in [0.717, 1.165) is 11.1 Å². The van der Waals surface area contributed by atoms with Gasteiger partial charge < -0.3 is 10.1 Å². The Morgan fingerprint density at radius 2 is 1.80 bits per heavy atom. The van der Waals surface area contributed by atoms with E-state index in [-0.39, 0.29) is 11.6 Å². The maximum Gasteiger partial charge on any atom is 0.266 e. The number of hydrogen-bond donors (Lipinski definition) is 1. The van der Waals surface area contributed by atoms with Crippen LogP contribution in [0.25, 0.3) is 11.3 Å². The third-order valence-electron chi connectivity index (χ3n) is 3.55. The summed E-state index contributed by atoms with van der Waals surface area (Å²) in [6.45, 7) is 3.56. The maximum atomic E-state index is 12.9. The van der Waals surface area contributed by atoms with Crippen molar-refractivity contribution >= 4 is 11.7 Å². The third-order valence-corrected chi connectivity index (χ3v) is 3.55. The Bertz CT molecular complexity index is 860. The van der Waals surface area contributed by atoms with Gasteiger partial charge in [-0.3, -0.25) is 4.79 Å². The quantitative estimate of drug-likeness (QED) is 0.767. The summed E-state index contributed by atoms with van der Waals surface area (Å²) in [5.74, 6) is -0.196. The molecule has 2 aromatic carbocycles. The molecule has 25 heavy (non-hydrogen) atoms. The van der Waals surface area contributed by atoms with Crippen LogP contribution >= 0.6 is 0 Å². The molecule has 1 unspecified atom stereocenters. The van der Waals surface area contributed by atoms with Crippen LogP contribution in [-0.4, -0.2) is 22.3 Å². The van der Waals surface area contributed by atoms with Gasteiger partial charge in [-0.2, -0.15) is 0 Å². The molecule has 6 nitrogen and oxygen atoms in total. The number of amides is 1. The normalized spacial score (nSPS) is 11.8. The number of rotatable bonds is 5. The van der Waals surface area contributed by atoms with E-state index >= 15 is 0 Å². The molecule has 0 aliphatic rings. The summed E-state index contributed by atoms with van der Waals surface area (Å²) in [6.07, 6.45) is -0.812. The van der Waals surface area contributed by atoms with Crippen LogP contribution < -0.4 is 10.1 Å². The second-order valence-corrected chi connectivity index (χ2v) is 5.53. The number of aromatic nitrogens is 2. The number of anilines is 1. The van der Waals surface area contributed by atoms with Gasteiger partial charge in [0.05, 0.1) is 0 Å². The molecule has 0 saturated heterocycles. The summed E-state index contributed by atoms with van der Waals surface area (Å²) >= 11 is 0. The van der Waals surface area contributed by atoms with Gasteiger partial charge in [-0.25, -0.2) is 9.02 Å². The zero-order chi connectivity index (χ0) is 17.8. The fourth-order valence-electron chi connectivity index (χ4n) is 2.16. The van der Waals surface area contributed by atoms with E-state index in [1.165, 1.54) is 24.3 Å². The largest absolute Gasteiger partial charge is 0.481 e. The van der Waals surface area contributed by atoms with Gasteiger partial charge in [0, 0.05) is 5.56 Å². The molecular formula is C18H16FN3O3. The summed E-state index contributed by atoms with van der Waals surface area (Å²) < 4.78 is 23.1. The van der Waals surface area contributed by atoms with Crippen LogP contribution in [0.5, 0.6) is 5.75 Å². The van der Waals surface area contributed by atoms with E-state index in [0.29, 0.717) is 11.4 Å². The van der Waals surface area contributed by atoms with Gasteiger partial charge >= 0.3 is 0 Å². The Labute approximate surface area is 143 Å². The second-order valence-electron chi connectivity index (χ2n) is 5.53. The van der Waals surface area contributed by atoms with Crippen molar-refractivity contribution in [2.24, 2.45) is 0 Å². The SMILES string of the molecule is Cc1ccc(-c2nonc2NC(=O)C(C)Oc2ccc(F)cc2)cc1. The van der Waals surface area contributed by atoms with Gasteiger partial charge in [0.1, 0.15) is 11.6 Å². The van der Waals surface area contributed by atoms with Crippen LogP contribution in [0, 0.1) is 12.7 Å². The van der Waals surface area contributed by atoms with Crippen LogP contribution in [0.4, 0.5) is 10.2 Å². The number of nitrogens with one attached hydrogen (secondary N) is 1. The predicted octanol–water partition coefficient (Wildman–Crippen LogP) is 3.59. The number of ether oxygens (including phenoxy) is 1. The third kappa shape index (κ3) is 4.00. The van der Waals surface area contributed by atoms with Crippen LogP contribution in [0.2, 0.25) is 0 Å². The summed E-state index contributed by atoms with van der Waals surface area (Å²) in [7, 11) is 0. The van der Waals surface area contributed by atoms with E-state index in [2.05, 4.69) is 15.6 Å². The van der Waals surface area contributed by atoms with Crippen LogP contribution in [0.1, 0.15) is 12.5 Å². The molecule has 3 aromatic rings. The summed E-state index contributed by atoms with van der Waals surface area (Å²) in [5.41, 5.74) is 2.31. The van der Waals surface area contributed by atoms with E-state index in [9.17, 15) is 9.18 Å². The van der Waals surface area contributed by atoms with Gasteiger partial charge in [-0.05, 0) is 48.4 Å². The number of carbonyl (C=O) groups is 1. The highest BCUT2D eigenvalue weighted by Gasteiger charge is 2.20. The van der Waals surface area contributed by atoms with Gasteiger partial charge in [-0.15, -0.1) is 0 Å². The Balaban J connectivity index is 1.70. The Kier molecular flexibility index (Phi) is 4.74. The lowest BCUT2D eigenvalue weighted by Gasteiger charge is -2.13. The second kappa shape index (κ2) is 7.12. The number of nitrogens with zero attached hydrogens (tertiary/aromatic N) is 2. The average Bonchev–Trinajstić information content (AvgIpc) is 3.05. The summed E-state index contributed by atoms with van der Waals surface area (Å²) in [4.78, 5) is 12.3. The zero-order valence-electron chi connectivity index (χ0n) is 13.7. The Morgan fingerprint density at radius 1 is 1.12 bits per heavy atom. The topological polar surface area (TPSA) is 77.3 Å². The first-order valence-electron chi connectivity index (χ1n) is 7.65. The van der Waals surface area contributed by atoms with Gasteiger partial charge in [0.25, 0.3) is 5.91 Å².